The van der Waals surface area contributed by atoms with Gasteiger partial charge < -0.3 is 10.2 Å². The number of nitrogens with one attached hydrogen (secondary N) is 1. The predicted octanol–water partition coefficient (Wildman–Crippen LogP) is 2.64. The highest BCUT2D eigenvalue weighted by Crippen LogP contribution is 2.31. The summed E-state index contributed by atoms with van der Waals surface area (Å²) in [5, 5.41) is 9.88. The summed E-state index contributed by atoms with van der Waals surface area (Å²) in [7, 11) is 2.09. The van der Waals surface area contributed by atoms with E-state index in [0.29, 0.717) is 12.4 Å². The number of anilines is 1. The van der Waals surface area contributed by atoms with Crippen LogP contribution in [0.3, 0.4) is 0 Å². The molecular formula is C13H19F3N4. The van der Waals surface area contributed by atoms with E-state index >= 15 is 0 Å². The molecule has 1 aliphatic heterocycles. The van der Waals surface area contributed by atoms with E-state index in [1.807, 2.05) is 0 Å². The summed E-state index contributed by atoms with van der Waals surface area (Å²) >= 11 is 0. The van der Waals surface area contributed by atoms with Crippen LogP contribution >= 0.6 is 0 Å². The normalized spacial score (nSPS) is 19.9. The summed E-state index contributed by atoms with van der Waals surface area (Å²) < 4.78 is 37.1. The number of aromatic nitrogens is 2. The lowest BCUT2D eigenvalue weighted by Gasteiger charge is -2.38. The van der Waals surface area contributed by atoms with E-state index in [1.54, 1.807) is 0 Å². The number of alkyl halides is 3. The number of rotatable bonds is 3. The zero-order valence-corrected chi connectivity index (χ0v) is 11.7. The third-order valence-electron chi connectivity index (χ3n) is 3.85. The Hall–Kier alpha value is -1.37. The van der Waals surface area contributed by atoms with Crippen LogP contribution < -0.4 is 5.32 Å². The van der Waals surface area contributed by atoms with Crippen molar-refractivity contribution in [2.24, 2.45) is 5.41 Å². The highest BCUT2D eigenvalue weighted by Gasteiger charge is 2.33. The van der Waals surface area contributed by atoms with Gasteiger partial charge in [-0.3, -0.25) is 0 Å². The lowest BCUT2D eigenvalue weighted by atomic mass is 9.80. The Balaban J connectivity index is 1.91. The Labute approximate surface area is 116 Å². The molecule has 0 aromatic carbocycles. The minimum Gasteiger partial charge on any atom is -0.368 e. The number of halogens is 3. The summed E-state index contributed by atoms with van der Waals surface area (Å²) in [5.41, 5.74) is -0.815. The highest BCUT2D eigenvalue weighted by molar-refractivity contribution is 5.33. The summed E-state index contributed by atoms with van der Waals surface area (Å²) in [4.78, 5) is 2.28. The zero-order chi connectivity index (χ0) is 14.8. The Morgan fingerprint density at radius 3 is 2.40 bits per heavy atom. The number of nitrogens with zero attached hydrogens (tertiary/aromatic N) is 3. The molecule has 1 N–H and O–H groups in total. The molecule has 2 heterocycles. The fourth-order valence-corrected chi connectivity index (χ4v) is 2.22. The number of piperidine rings is 1. The van der Waals surface area contributed by atoms with Gasteiger partial charge in [0.15, 0.2) is 5.69 Å². The van der Waals surface area contributed by atoms with Crippen LogP contribution in [0.2, 0.25) is 0 Å². The Morgan fingerprint density at radius 1 is 1.25 bits per heavy atom. The van der Waals surface area contributed by atoms with E-state index < -0.39 is 11.9 Å². The van der Waals surface area contributed by atoms with Crippen molar-refractivity contribution >= 4 is 5.82 Å². The minimum absolute atomic E-state index is 0.150. The fourth-order valence-electron chi connectivity index (χ4n) is 2.22. The van der Waals surface area contributed by atoms with Crippen molar-refractivity contribution < 1.29 is 13.2 Å². The van der Waals surface area contributed by atoms with Crippen LogP contribution in [0.5, 0.6) is 0 Å². The standard InChI is InChI=1S/C13H19F3N4/c1-12(5-7-20(2)8-6-12)9-17-11-4-3-10(18-19-11)13(14,15)16/h3-4H,5-9H2,1-2H3,(H,17,19). The topological polar surface area (TPSA) is 41.0 Å². The van der Waals surface area contributed by atoms with Crippen LogP contribution in [0.25, 0.3) is 0 Å². The maximum absolute atomic E-state index is 12.4. The number of hydrogen-bond donors (Lipinski definition) is 1. The van der Waals surface area contributed by atoms with Gasteiger partial charge >= 0.3 is 6.18 Å². The van der Waals surface area contributed by atoms with Gasteiger partial charge in [-0.15, -0.1) is 10.2 Å². The van der Waals surface area contributed by atoms with Crippen molar-refractivity contribution in [3.05, 3.63) is 17.8 Å². The van der Waals surface area contributed by atoms with Crippen LogP contribution in [-0.2, 0) is 6.18 Å². The second-order valence-electron chi connectivity index (χ2n) is 5.77. The molecule has 0 unspecified atom stereocenters. The first-order chi connectivity index (χ1) is 9.28. The lowest BCUT2D eigenvalue weighted by Crippen LogP contribution is -2.40. The van der Waals surface area contributed by atoms with Gasteiger partial charge in [0, 0.05) is 6.54 Å². The maximum Gasteiger partial charge on any atom is 0.435 e. The van der Waals surface area contributed by atoms with Crippen molar-refractivity contribution in [2.45, 2.75) is 25.9 Å². The quantitative estimate of drug-likeness (QED) is 0.928. The molecule has 112 valence electrons. The van der Waals surface area contributed by atoms with Crippen LogP contribution in [0.4, 0.5) is 19.0 Å². The van der Waals surface area contributed by atoms with E-state index in [9.17, 15) is 13.2 Å². The molecule has 4 nitrogen and oxygen atoms in total. The molecule has 0 spiro atoms. The zero-order valence-electron chi connectivity index (χ0n) is 11.7. The van der Waals surface area contributed by atoms with E-state index in [2.05, 4.69) is 34.4 Å². The van der Waals surface area contributed by atoms with Gasteiger partial charge in [-0.1, -0.05) is 6.92 Å². The summed E-state index contributed by atoms with van der Waals surface area (Å²) in [6.45, 7) is 4.96. The number of likely N-dealkylation sites (tertiary alicyclic amines) is 1. The summed E-state index contributed by atoms with van der Waals surface area (Å²) in [5.74, 6) is 0.387. The molecule has 1 saturated heterocycles. The second-order valence-corrected chi connectivity index (χ2v) is 5.77. The van der Waals surface area contributed by atoms with Gasteiger partial charge in [0.1, 0.15) is 5.82 Å². The molecule has 0 radical (unpaired) electrons. The fraction of sp³-hybridized carbons (Fsp3) is 0.692. The van der Waals surface area contributed by atoms with Crippen molar-refractivity contribution in [3.63, 3.8) is 0 Å². The third-order valence-corrected chi connectivity index (χ3v) is 3.85. The molecule has 2 rings (SSSR count). The van der Waals surface area contributed by atoms with Gasteiger partial charge in [-0.2, -0.15) is 13.2 Å². The lowest BCUT2D eigenvalue weighted by molar-refractivity contribution is -0.141. The summed E-state index contributed by atoms with van der Waals surface area (Å²) in [6, 6.07) is 2.28. The van der Waals surface area contributed by atoms with Gasteiger partial charge in [0.25, 0.3) is 0 Å². The average molecular weight is 288 g/mol. The van der Waals surface area contributed by atoms with Crippen LogP contribution in [0, 0.1) is 5.41 Å². The minimum atomic E-state index is -4.44. The van der Waals surface area contributed by atoms with Crippen molar-refractivity contribution in [2.75, 3.05) is 32.0 Å². The predicted molar refractivity (Wildman–Crippen MR) is 70.4 cm³/mol. The van der Waals surface area contributed by atoms with Crippen LogP contribution in [0.1, 0.15) is 25.5 Å². The average Bonchev–Trinajstić information content (AvgIpc) is 2.40. The van der Waals surface area contributed by atoms with Gasteiger partial charge in [-0.25, -0.2) is 0 Å². The molecule has 1 fully saturated rings. The van der Waals surface area contributed by atoms with Crippen LogP contribution in [-0.4, -0.2) is 41.8 Å². The smallest absolute Gasteiger partial charge is 0.368 e. The first-order valence-corrected chi connectivity index (χ1v) is 6.62. The SMILES string of the molecule is CN1CCC(C)(CNc2ccc(C(F)(F)F)nn2)CC1. The molecule has 0 aliphatic carbocycles. The summed E-state index contributed by atoms with van der Waals surface area (Å²) in [6.07, 6.45) is -2.32. The van der Waals surface area contributed by atoms with E-state index in [0.717, 1.165) is 32.0 Å². The Kier molecular flexibility index (Phi) is 4.17. The molecule has 0 amide bonds. The van der Waals surface area contributed by atoms with Gasteiger partial charge in [-0.05, 0) is 50.5 Å². The first-order valence-electron chi connectivity index (χ1n) is 6.62. The van der Waals surface area contributed by atoms with Gasteiger partial charge in [0.05, 0.1) is 0 Å². The molecule has 1 aliphatic rings. The second kappa shape index (κ2) is 5.55. The Bertz CT molecular complexity index is 436. The van der Waals surface area contributed by atoms with E-state index in [4.69, 9.17) is 0 Å². The maximum atomic E-state index is 12.4. The molecule has 7 heteroatoms. The van der Waals surface area contributed by atoms with E-state index in [1.165, 1.54) is 6.07 Å². The molecule has 20 heavy (non-hydrogen) atoms. The number of hydrogen-bond acceptors (Lipinski definition) is 4. The monoisotopic (exact) mass is 288 g/mol. The molecule has 0 bridgehead atoms. The molecule has 1 aromatic rings. The molecule has 0 atom stereocenters. The molecular weight excluding hydrogens is 269 g/mol. The third kappa shape index (κ3) is 3.82. The van der Waals surface area contributed by atoms with Crippen molar-refractivity contribution in [1.82, 2.24) is 15.1 Å². The molecule has 0 saturated carbocycles. The van der Waals surface area contributed by atoms with Crippen molar-refractivity contribution in [1.29, 1.82) is 0 Å². The van der Waals surface area contributed by atoms with E-state index in [-0.39, 0.29) is 5.41 Å². The molecule has 1 aromatic heterocycles. The van der Waals surface area contributed by atoms with Crippen LogP contribution in [0.15, 0.2) is 12.1 Å². The van der Waals surface area contributed by atoms with Gasteiger partial charge in [0.2, 0.25) is 0 Å². The Morgan fingerprint density at radius 2 is 1.90 bits per heavy atom. The highest BCUT2D eigenvalue weighted by atomic mass is 19.4. The largest absolute Gasteiger partial charge is 0.435 e. The first kappa shape index (κ1) is 15.0. The van der Waals surface area contributed by atoms with Crippen molar-refractivity contribution in [3.8, 4) is 0 Å².